The summed E-state index contributed by atoms with van der Waals surface area (Å²) in [7, 11) is 1.56. The Morgan fingerprint density at radius 1 is 1.14 bits per heavy atom. The topological polar surface area (TPSA) is 21.3 Å². The third-order valence-electron chi connectivity index (χ3n) is 2.90. The third-order valence-corrected chi connectivity index (χ3v) is 3.23. The monoisotopic (exact) mass is 315 g/mol. The Hall–Kier alpha value is -1.88. The Bertz CT molecular complexity index is 629. The molecule has 0 aliphatic carbocycles. The van der Waals surface area contributed by atoms with Crippen molar-refractivity contribution < 1.29 is 17.9 Å². The minimum absolute atomic E-state index is 0.311. The van der Waals surface area contributed by atoms with Gasteiger partial charge in [0, 0.05) is 12.2 Å². The van der Waals surface area contributed by atoms with E-state index in [0.717, 1.165) is 11.6 Å². The van der Waals surface area contributed by atoms with Gasteiger partial charge in [-0.3, -0.25) is 0 Å². The highest BCUT2D eigenvalue weighted by molar-refractivity contribution is 6.31. The maximum absolute atomic E-state index is 12.8. The molecule has 0 aromatic heterocycles. The van der Waals surface area contributed by atoms with Gasteiger partial charge in [0.1, 0.15) is 5.75 Å². The molecule has 2 nitrogen and oxygen atoms in total. The number of alkyl halides is 3. The molecule has 0 heterocycles. The van der Waals surface area contributed by atoms with Gasteiger partial charge in [-0.2, -0.15) is 13.2 Å². The summed E-state index contributed by atoms with van der Waals surface area (Å²) in [6, 6.07) is 11.0. The Morgan fingerprint density at radius 2 is 1.90 bits per heavy atom. The number of ether oxygens (including phenoxy) is 1. The SMILES string of the molecule is COc1cccc(CNc2ccc(Cl)c(C(F)(F)F)c2)c1. The molecule has 0 aliphatic heterocycles. The summed E-state index contributed by atoms with van der Waals surface area (Å²) < 4.78 is 43.4. The van der Waals surface area contributed by atoms with Crippen LogP contribution in [0.15, 0.2) is 42.5 Å². The molecule has 1 N–H and O–H groups in total. The zero-order chi connectivity index (χ0) is 15.5. The van der Waals surface area contributed by atoms with Crippen LogP contribution in [0.1, 0.15) is 11.1 Å². The second-order valence-corrected chi connectivity index (χ2v) is 4.80. The Morgan fingerprint density at radius 3 is 2.57 bits per heavy atom. The summed E-state index contributed by atoms with van der Waals surface area (Å²) in [5.41, 5.74) is 0.409. The van der Waals surface area contributed by atoms with Crippen LogP contribution in [-0.4, -0.2) is 7.11 Å². The lowest BCUT2D eigenvalue weighted by Crippen LogP contribution is -2.07. The minimum Gasteiger partial charge on any atom is -0.497 e. The fourth-order valence-corrected chi connectivity index (χ4v) is 2.06. The highest BCUT2D eigenvalue weighted by Crippen LogP contribution is 2.36. The first kappa shape index (κ1) is 15.5. The van der Waals surface area contributed by atoms with Crippen molar-refractivity contribution in [3.05, 3.63) is 58.6 Å². The van der Waals surface area contributed by atoms with Gasteiger partial charge < -0.3 is 10.1 Å². The summed E-state index contributed by atoms with van der Waals surface area (Å²) in [6.07, 6.45) is -4.47. The van der Waals surface area contributed by atoms with E-state index in [1.54, 1.807) is 13.2 Å². The fourth-order valence-electron chi connectivity index (χ4n) is 1.84. The van der Waals surface area contributed by atoms with Gasteiger partial charge in [0.05, 0.1) is 17.7 Å². The van der Waals surface area contributed by atoms with E-state index >= 15 is 0 Å². The van der Waals surface area contributed by atoms with Gasteiger partial charge in [0.2, 0.25) is 0 Å². The number of benzene rings is 2. The third kappa shape index (κ3) is 4.04. The number of methoxy groups -OCH3 is 1. The number of rotatable bonds is 4. The smallest absolute Gasteiger partial charge is 0.417 e. The molecule has 0 saturated carbocycles. The van der Waals surface area contributed by atoms with Gasteiger partial charge in [-0.25, -0.2) is 0 Å². The molecule has 21 heavy (non-hydrogen) atoms. The first-order valence-corrected chi connectivity index (χ1v) is 6.51. The molecule has 2 rings (SSSR count). The molecule has 2 aromatic carbocycles. The van der Waals surface area contributed by atoms with Gasteiger partial charge in [-0.05, 0) is 35.9 Å². The Kier molecular flexibility index (Phi) is 4.63. The fraction of sp³-hybridized carbons (Fsp3) is 0.200. The van der Waals surface area contributed by atoms with Crippen molar-refractivity contribution in [3.8, 4) is 5.75 Å². The molecule has 0 bridgehead atoms. The van der Waals surface area contributed by atoms with Crippen molar-refractivity contribution in [3.63, 3.8) is 0 Å². The molecule has 112 valence electrons. The Balaban J connectivity index is 2.13. The van der Waals surface area contributed by atoms with Crippen molar-refractivity contribution >= 4 is 17.3 Å². The van der Waals surface area contributed by atoms with Crippen molar-refractivity contribution in [2.45, 2.75) is 12.7 Å². The number of hydrogen-bond acceptors (Lipinski definition) is 2. The van der Waals surface area contributed by atoms with Crippen LogP contribution < -0.4 is 10.1 Å². The molecule has 6 heteroatoms. The zero-order valence-electron chi connectivity index (χ0n) is 11.2. The van der Waals surface area contributed by atoms with Crippen LogP contribution in [0.4, 0.5) is 18.9 Å². The molecule has 0 radical (unpaired) electrons. The molecule has 2 aromatic rings. The number of halogens is 4. The summed E-state index contributed by atoms with van der Waals surface area (Å²) in [5.74, 6) is 0.696. The van der Waals surface area contributed by atoms with Crippen LogP contribution >= 0.6 is 11.6 Å². The van der Waals surface area contributed by atoms with E-state index in [9.17, 15) is 13.2 Å². The summed E-state index contributed by atoms with van der Waals surface area (Å²) in [5, 5.41) is 2.63. The van der Waals surface area contributed by atoms with Crippen LogP contribution in [-0.2, 0) is 12.7 Å². The van der Waals surface area contributed by atoms with Crippen LogP contribution in [0.2, 0.25) is 5.02 Å². The predicted molar refractivity (Wildman–Crippen MR) is 76.8 cm³/mol. The molecule has 0 aliphatic rings. The lowest BCUT2D eigenvalue weighted by Gasteiger charge is -2.12. The standard InChI is InChI=1S/C15H13ClF3NO/c1-21-12-4-2-3-10(7-12)9-20-11-5-6-14(16)13(8-11)15(17,18)19/h2-8,20H,9H2,1H3. The number of anilines is 1. The van der Waals surface area contributed by atoms with Gasteiger partial charge in [-0.15, -0.1) is 0 Å². The average Bonchev–Trinajstić information content (AvgIpc) is 2.45. The van der Waals surface area contributed by atoms with E-state index in [-0.39, 0.29) is 5.02 Å². The van der Waals surface area contributed by atoms with Gasteiger partial charge in [0.25, 0.3) is 0 Å². The van der Waals surface area contributed by atoms with Gasteiger partial charge in [-0.1, -0.05) is 23.7 Å². The van der Waals surface area contributed by atoms with Gasteiger partial charge in [0.15, 0.2) is 0 Å². The van der Waals surface area contributed by atoms with E-state index in [1.165, 1.54) is 12.1 Å². The average molecular weight is 316 g/mol. The molecule has 0 unspecified atom stereocenters. The maximum atomic E-state index is 12.8. The summed E-state index contributed by atoms with van der Waals surface area (Å²) in [4.78, 5) is 0. The van der Waals surface area contributed by atoms with E-state index in [1.807, 2.05) is 18.2 Å². The normalized spacial score (nSPS) is 11.3. The second kappa shape index (κ2) is 6.26. The minimum atomic E-state index is -4.47. The van der Waals surface area contributed by atoms with Crippen molar-refractivity contribution in [2.24, 2.45) is 0 Å². The second-order valence-electron chi connectivity index (χ2n) is 4.40. The van der Waals surface area contributed by atoms with E-state index < -0.39 is 11.7 Å². The zero-order valence-corrected chi connectivity index (χ0v) is 11.9. The van der Waals surface area contributed by atoms with Crippen molar-refractivity contribution in [2.75, 3.05) is 12.4 Å². The molecule has 0 atom stereocenters. The maximum Gasteiger partial charge on any atom is 0.417 e. The highest BCUT2D eigenvalue weighted by atomic mass is 35.5. The van der Waals surface area contributed by atoms with Crippen LogP contribution in [0.3, 0.4) is 0 Å². The Labute approximate surface area is 125 Å². The summed E-state index contributed by atoms with van der Waals surface area (Å²) in [6.45, 7) is 0.385. The first-order valence-electron chi connectivity index (χ1n) is 6.13. The first-order chi connectivity index (χ1) is 9.90. The van der Waals surface area contributed by atoms with E-state index in [0.29, 0.717) is 18.0 Å². The molecular formula is C15H13ClF3NO. The lowest BCUT2D eigenvalue weighted by atomic mass is 10.1. The predicted octanol–water partition coefficient (Wildman–Crippen LogP) is 4.98. The highest BCUT2D eigenvalue weighted by Gasteiger charge is 2.33. The van der Waals surface area contributed by atoms with Crippen molar-refractivity contribution in [1.29, 1.82) is 0 Å². The molecule has 0 saturated heterocycles. The molecule has 0 fully saturated rings. The van der Waals surface area contributed by atoms with Crippen molar-refractivity contribution in [1.82, 2.24) is 0 Å². The summed E-state index contributed by atoms with van der Waals surface area (Å²) >= 11 is 5.57. The van der Waals surface area contributed by atoms with Crippen LogP contribution in [0, 0.1) is 0 Å². The molecular weight excluding hydrogens is 303 g/mol. The quantitative estimate of drug-likeness (QED) is 0.859. The lowest BCUT2D eigenvalue weighted by molar-refractivity contribution is -0.137. The van der Waals surface area contributed by atoms with Crippen LogP contribution in [0.5, 0.6) is 5.75 Å². The number of nitrogens with one attached hydrogen (secondary N) is 1. The largest absolute Gasteiger partial charge is 0.497 e. The number of hydrogen-bond donors (Lipinski definition) is 1. The molecule has 0 amide bonds. The van der Waals surface area contributed by atoms with Crippen LogP contribution in [0.25, 0.3) is 0 Å². The van der Waals surface area contributed by atoms with E-state index in [4.69, 9.17) is 16.3 Å². The van der Waals surface area contributed by atoms with E-state index in [2.05, 4.69) is 5.32 Å². The van der Waals surface area contributed by atoms with Gasteiger partial charge >= 0.3 is 6.18 Å². The molecule has 0 spiro atoms.